The summed E-state index contributed by atoms with van der Waals surface area (Å²) < 4.78 is 5.95. The molecule has 1 fully saturated rings. The molecule has 1 N–H and O–H groups in total. The second-order valence-electron chi connectivity index (χ2n) is 4.26. The fraction of sp³-hybridized carbons (Fsp3) is 0.667. The summed E-state index contributed by atoms with van der Waals surface area (Å²) in [6.07, 6.45) is 5.59. The minimum Gasteiger partial charge on any atom is -0.474 e. The van der Waals surface area contributed by atoms with E-state index in [-0.39, 0.29) is 6.10 Å². The first-order valence-corrected chi connectivity index (χ1v) is 7.27. The first-order chi connectivity index (χ1) is 8.28. The third-order valence-electron chi connectivity index (χ3n) is 2.80. The Kier molecular flexibility index (Phi) is 4.62. The molecular formula is C12H19N3OS. The zero-order valence-electron chi connectivity index (χ0n) is 10.4. The van der Waals surface area contributed by atoms with Crippen molar-refractivity contribution in [2.75, 3.05) is 19.3 Å². The van der Waals surface area contributed by atoms with Gasteiger partial charge >= 0.3 is 0 Å². The van der Waals surface area contributed by atoms with Crippen LogP contribution >= 0.6 is 11.8 Å². The van der Waals surface area contributed by atoms with Gasteiger partial charge in [-0.2, -0.15) is 4.98 Å². The normalized spacial score (nSPS) is 20.9. The standard InChI is InChI=1S/C12H19N3OS/c1-9-8-11(15-12(14-9)17-2)16-10-4-3-6-13-7-5-10/h8,10,13H,3-7H2,1-2H3. The van der Waals surface area contributed by atoms with Gasteiger partial charge in [0.2, 0.25) is 5.88 Å². The van der Waals surface area contributed by atoms with Gasteiger partial charge < -0.3 is 10.1 Å². The van der Waals surface area contributed by atoms with Crippen LogP contribution in [0.4, 0.5) is 0 Å². The van der Waals surface area contributed by atoms with E-state index in [0.29, 0.717) is 5.88 Å². The van der Waals surface area contributed by atoms with Gasteiger partial charge in [0.15, 0.2) is 5.16 Å². The lowest BCUT2D eigenvalue weighted by atomic mass is 10.2. The van der Waals surface area contributed by atoms with Gasteiger partial charge in [0.05, 0.1) is 0 Å². The van der Waals surface area contributed by atoms with Crippen molar-refractivity contribution in [3.8, 4) is 5.88 Å². The van der Waals surface area contributed by atoms with Crippen LogP contribution in [-0.2, 0) is 0 Å². The number of rotatable bonds is 3. The average molecular weight is 253 g/mol. The lowest BCUT2D eigenvalue weighted by molar-refractivity contribution is 0.178. The molecule has 17 heavy (non-hydrogen) atoms. The SMILES string of the molecule is CSc1nc(C)cc(OC2CCCNCC2)n1. The van der Waals surface area contributed by atoms with Crippen LogP contribution in [-0.4, -0.2) is 35.4 Å². The molecule has 2 heterocycles. The van der Waals surface area contributed by atoms with Crippen molar-refractivity contribution in [2.24, 2.45) is 0 Å². The summed E-state index contributed by atoms with van der Waals surface area (Å²) in [7, 11) is 0. The summed E-state index contributed by atoms with van der Waals surface area (Å²) in [4.78, 5) is 8.71. The summed E-state index contributed by atoms with van der Waals surface area (Å²) in [5.41, 5.74) is 0.964. The molecule has 0 spiro atoms. The highest BCUT2D eigenvalue weighted by molar-refractivity contribution is 7.98. The highest BCUT2D eigenvalue weighted by Crippen LogP contribution is 2.19. The zero-order valence-corrected chi connectivity index (χ0v) is 11.2. The summed E-state index contributed by atoms with van der Waals surface area (Å²) in [6, 6.07) is 1.91. The summed E-state index contributed by atoms with van der Waals surface area (Å²) in [5.74, 6) is 0.716. The van der Waals surface area contributed by atoms with E-state index in [2.05, 4.69) is 15.3 Å². The van der Waals surface area contributed by atoms with Crippen molar-refractivity contribution in [2.45, 2.75) is 37.4 Å². The molecule has 2 rings (SSSR count). The van der Waals surface area contributed by atoms with Crippen LogP contribution in [0.15, 0.2) is 11.2 Å². The quantitative estimate of drug-likeness (QED) is 0.659. The lowest BCUT2D eigenvalue weighted by Crippen LogP contribution is -2.20. The fourth-order valence-corrected chi connectivity index (χ4v) is 2.36. The number of aryl methyl sites for hydroxylation is 1. The Balaban J connectivity index is 2.03. The first-order valence-electron chi connectivity index (χ1n) is 6.05. The third-order valence-corrected chi connectivity index (χ3v) is 3.35. The highest BCUT2D eigenvalue weighted by atomic mass is 32.2. The van der Waals surface area contributed by atoms with Crippen LogP contribution < -0.4 is 10.1 Å². The second kappa shape index (κ2) is 6.21. The highest BCUT2D eigenvalue weighted by Gasteiger charge is 2.14. The maximum Gasteiger partial charge on any atom is 0.217 e. The number of aromatic nitrogens is 2. The molecule has 4 nitrogen and oxygen atoms in total. The molecule has 0 radical (unpaired) electrons. The van der Waals surface area contributed by atoms with Crippen LogP contribution in [0.25, 0.3) is 0 Å². The molecule has 1 aliphatic rings. The predicted octanol–water partition coefficient (Wildman–Crippen LogP) is 2.03. The number of nitrogens with zero attached hydrogens (tertiary/aromatic N) is 2. The maximum atomic E-state index is 5.95. The molecule has 1 saturated heterocycles. The number of hydrogen-bond donors (Lipinski definition) is 1. The Bertz CT molecular complexity index is 365. The monoisotopic (exact) mass is 253 g/mol. The minimum absolute atomic E-state index is 0.286. The van der Waals surface area contributed by atoms with Gasteiger partial charge in [0.25, 0.3) is 0 Å². The van der Waals surface area contributed by atoms with Crippen LogP contribution in [0.2, 0.25) is 0 Å². The van der Waals surface area contributed by atoms with E-state index in [1.54, 1.807) is 11.8 Å². The Morgan fingerprint density at radius 1 is 1.35 bits per heavy atom. The molecule has 0 aliphatic carbocycles. The zero-order chi connectivity index (χ0) is 12.1. The Hall–Kier alpha value is -0.810. The van der Waals surface area contributed by atoms with E-state index in [0.717, 1.165) is 36.8 Å². The molecule has 0 amide bonds. The Morgan fingerprint density at radius 2 is 2.24 bits per heavy atom. The van der Waals surface area contributed by atoms with Gasteiger partial charge in [0, 0.05) is 11.8 Å². The van der Waals surface area contributed by atoms with Gasteiger partial charge in [-0.3, -0.25) is 0 Å². The van der Waals surface area contributed by atoms with Crippen molar-refractivity contribution < 1.29 is 4.74 Å². The van der Waals surface area contributed by atoms with Gasteiger partial charge in [-0.25, -0.2) is 4.98 Å². The number of nitrogens with one attached hydrogen (secondary N) is 1. The molecule has 0 aromatic carbocycles. The smallest absolute Gasteiger partial charge is 0.217 e. The molecule has 0 saturated carbocycles. The van der Waals surface area contributed by atoms with Gasteiger partial charge in [-0.1, -0.05) is 11.8 Å². The van der Waals surface area contributed by atoms with Crippen LogP contribution in [0.5, 0.6) is 5.88 Å². The lowest BCUT2D eigenvalue weighted by Gasteiger charge is -2.16. The molecule has 1 unspecified atom stereocenters. The largest absolute Gasteiger partial charge is 0.474 e. The van der Waals surface area contributed by atoms with Gasteiger partial charge in [-0.15, -0.1) is 0 Å². The molecule has 1 atom stereocenters. The second-order valence-corrected chi connectivity index (χ2v) is 5.03. The first kappa shape index (κ1) is 12.6. The fourth-order valence-electron chi connectivity index (χ4n) is 1.94. The van der Waals surface area contributed by atoms with E-state index >= 15 is 0 Å². The van der Waals surface area contributed by atoms with E-state index < -0.39 is 0 Å². The van der Waals surface area contributed by atoms with Crippen LogP contribution in [0.3, 0.4) is 0 Å². The van der Waals surface area contributed by atoms with Crippen LogP contribution in [0, 0.1) is 6.92 Å². The summed E-state index contributed by atoms with van der Waals surface area (Å²) in [5, 5.41) is 4.16. The third kappa shape index (κ3) is 3.85. The van der Waals surface area contributed by atoms with Crippen molar-refractivity contribution in [1.29, 1.82) is 0 Å². The Morgan fingerprint density at radius 3 is 3.06 bits per heavy atom. The molecule has 5 heteroatoms. The molecule has 1 aliphatic heterocycles. The average Bonchev–Trinajstić information content (AvgIpc) is 2.57. The maximum absolute atomic E-state index is 5.95. The van der Waals surface area contributed by atoms with Crippen molar-refractivity contribution in [3.63, 3.8) is 0 Å². The minimum atomic E-state index is 0.286. The Labute approximate surface area is 107 Å². The molecule has 1 aromatic rings. The van der Waals surface area contributed by atoms with E-state index in [9.17, 15) is 0 Å². The van der Waals surface area contributed by atoms with Gasteiger partial charge in [-0.05, 0) is 45.5 Å². The summed E-state index contributed by atoms with van der Waals surface area (Å²) in [6.45, 7) is 4.10. The number of ether oxygens (including phenoxy) is 1. The van der Waals surface area contributed by atoms with Crippen molar-refractivity contribution in [1.82, 2.24) is 15.3 Å². The summed E-state index contributed by atoms with van der Waals surface area (Å²) >= 11 is 1.55. The van der Waals surface area contributed by atoms with E-state index in [1.165, 1.54) is 6.42 Å². The van der Waals surface area contributed by atoms with Crippen molar-refractivity contribution >= 4 is 11.8 Å². The van der Waals surface area contributed by atoms with Crippen molar-refractivity contribution in [3.05, 3.63) is 11.8 Å². The van der Waals surface area contributed by atoms with Gasteiger partial charge in [0.1, 0.15) is 6.10 Å². The molecular weight excluding hydrogens is 234 g/mol. The predicted molar refractivity (Wildman–Crippen MR) is 69.7 cm³/mol. The molecule has 1 aromatic heterocycles. The number of hydrogen-bond acceptors (Lipinski definition) is 5. The molecule has 94 valence electrons. The van der Waals surface area contributed by atoms with E-state index in [1.807, 2.05) is 19.2 Å². The topological polar surface area (TPSA) is 47.0 Å². The number of thioether (sulfide) groups is 1. The molecule has 0 bridgehead atoms. The van der Waals surface area contributed by atoms with Crippen LogP contribution in [0.1, 0.15) is 25.0 Å². The van der Waals surface area contributed by atoms with E-state index in [4.69, 9.17) is 4.74 Å².